The van der Waals surface area contributed by atoms with E-state index in [0.29, 0.717) is 5.92 Å². The first-order valence-corrected chi connectivity index (χ1v) is 10.8. The van der Waals surface area contributed by atoms with E-state index in [1.165, 1.54) is 21.6 Å². The molecular weight excluding hydrogens is 366 g/mol. The quantitative estimate of drug-likeness (QED) is 0.324. The van der Waals surface area contributed by atoms with Crippen LogP contribution in [0.3, 0.4) is 0 Å². The molecule has 3 aromatic rings. The molecule has 0 spiro atoms. The van der Waals surface area contributed by atoms with Crippen molar-refractivity contribution in [2.75, 3.05) is 0 Å². The Morgan fingerprint density at radius 3 is 2.39 bits per heavy atom. The smallest absolute Gasteiger partial charge is 0.258 e. The molecule has 0 saturated carbocycles. The van der Waals surface area contributed by atoms with Crippen LogP contribution in [0.2, 0.25) is 0 Å². The van der Waals surface area contributed by atoms with Crippen LogP contribution in [-0.4, -0.2) is 4.92 Å². The minimum Gasteiger partial charge on any atom is -0.258 e. The maximum absolute atomic E-state index is 11.5. The molecule has 1 aliphatic rings. The second kappa shape index (κ2) is 7.17. The summed E-state index contributed by atoms with van der Waals surface area (Å²) in [6.07, 6.45) is 3.04. The van der Waals surface area contributed by atoms with E-state index in [1.807, 2.05) is 12.1 Å². The highest BCUT2D eigenvalue weighted by molar-refractivity contribution is 7.13. The summed E-state index contributed by atoms with van der Waals surface area (Å²) < 4.78 is 0. The van der Waals surface area contributed by atoms with Crippen molar-refractivity contribution in [3.05, 3.63) is 75.2 Å². The van der Waals surface area contributed by atoms with Crippen LogP contribution in [0.4, 0.5) is 5.69 Å². The molecule has 0 fully saturated rings. The van der Waals surface area contributed by atoms with E-state index in [2.05, 4.69) is 56.5 Å². The van der Waals surface area contributed by atoms with Crippen LogP contribution in [0.25, 0.3) is 21.6 Å². The number of non-ortho nitro benzene ring substituents is 1. The van der Waals surface area contributed by atoms with Gasteiger partial charge in [0.15, 0.2) is 0 Å². The van der Waals surface area contributed by atoms with Crippen LogP contribution in [-0.2, 0) is 5.41 Å². The Morgan fingerprint density at radius 1 is 1.07 bits per heavy atom. The average molecular weight is 392 g/mol. The molecule has 1 unspecified atom stereocenters. The van der Waals surface area contributed by atoms with Gasteiger partial charge in [0, 0.05) is 22.4 Å². The molecule has 0 N–H and O–H groups in total. The lowest BCUT2D eigenvalue weighted by molar-refractivity contribution is -0.384. The summed E-state index contributed by atoms with van der Waals surface area (Å²) in [6, 6.07) is 16.4. The molecule has 0 saturated heterocycles. The Morgan fingerprint density at radius 2 is 1.79 bits per heavy atom. The molecule has 4 rings (SSSR count). The lowest BCUT2D eigenvalue weighted by Crippen LogP contribution is -2.27. The largest absolute Gasteiger partial charge is 0.269 e. The summed E-state index contributed by atoms with van der Waals surface area (Å²) in [5, 5.41) is 13.6. The van der Waals surface area contributed by atoms with Crippen molar-refractivity contribution in [3.63, 3.8) is 0 Å². The van der Waals surface area contributed by atoms with E-state index in [1.54, 1.807) is 17.4 Å². The average Bonchev–Trinajstić information content (AvgIpc) is 3.28. The van der Waals surface area contributed by atoms with Crippen molar-refractivity contribution in [2.45, 2.75) is 45.4 Å². The first-order valence-electron chi connectivity index (χ1n) is 9.94. The summed E-state index contributed by atoms with van der Waals surface area (Å²) >= 11 is 1.75. The summed E-state index contributed by atoms with van der Waals surface area (Å²) in [4.78, 5) is 12.5. The summed E-state index contributed by atoms with van der Waals surface area (Å²) in [5.41, 5.74) is 6.13. The normalized spacial score (nSPS) is 17.6. The molecule has 144 valence electrons. The third-order valence-electron chi connectivity index (χ3n) is 5.79. The van der Waals surface area contributed by atoms with Gasteiger partial charge in [0.1, 0.15) is 0 Å². The zero-order chi connectivity index (χ0) is 19.9. The molecule has 1 aliphatic carbocycles. The van der Waals surface area contributed by atoms with Gasteiger partial charge in [-0.3, -0.25) is 10.1 Å². The van der Waals surface area contributed by atoms with Crippen LogP contribution >= 0.6 is 11.3 Å². The van der Waals surface area contributed by atoms with E-state index in [9.17, 15) is 10.1 Å². The molecular formula is C24H25NO2S. The Kier molecular flexibility index (Phi) is 4.84. The monoisotopic (exact) mass is 391 g/mol. The first kappa shape index (κ1) is 18.9. The number of nitro groups is 1. The van der Waals surface area contributed by atoms with Crippen LogP contribution < -0.4 is 0 Å². The van der Waals surface area contributed by atoms with Crippen LogP contribution in [0.15, 0.2) is 53.9 Å². The lowest BCUT2D eigenvalue weighted by Gasteiger charge is -2.34. The van der Waals surface area contributed by atoms with Gasteiger partial charge >= 0.3 is 0 Å². The van der Waals surface area contributed by atoms with E-state index < -0.39 is 0 Å². The van der Waals surface area contributed by atoms with Gasteiger partial charge in [-0.15, -0.1) is 11.3 Å². The Bertz CT molecular complexity index is 1020. The Labute approximate surface area is 170 Å². The standard InChI is InChI=1S/C24H25NO2S/c1-4-11-24(15-16(2)3)21-13-17(23-6-5-12-28-23)7-9-19(21)20-10-8-18(25(26)27)14-22(20)24/h5-10,12-14,16H,4,11,15H2,1-3H3. The van der Waals surface area contributed by atoms with Gasteiger partial charge < -0.3 is 0 Å². The van der Waals surface area contributed by atoms with Gasteiger partial charge in [-0.25, -0.2) is 0 Å². The first-order chi connectivity index (χ1) is 13.5. The minimum atomic E-state index is -0.271. The molecule has 4 heteroatoms. The van der Waals surface area contributed by atoms with Gasteiger partial charge in [0.05, 0.1) is 4.92 Å². The van der Waals surface area contributed by atoms with Gasteiger partial charge in [-0.1, -0.05) is 45.4 Å². The molecule has 0 bridgehead atoms. The predicted molar refractivity (Wildman–Crippen MR) is 117 cm³/mol. The highest BCUT2D eigenvalue weighted by Crippen LogP contribution is 2.55. The number of nitrogens with zero attached hydrogens (tertiary/aromatic N) is 1. The molecule has 1 heterocycles. The van der Waals surface area contributed by atoms with Crippen LogP contribution in [0.1, 0.15) is 51.2 Å². The topological polar surface area (TPSA) is 43.1 Å². The van der Waals surface area contributed by atoms with E-state index >= 15 is 0 Å². The number of benzene rings is 2. The van der Waals surface area contributed by atoms with Gasteiger partial charge in [-0.05, 0) is 70.2 Å². The fourth-order valence-corrected chi connectivity index (χ4v) is 5.63. The number of thiophene rings is 1. The number of hydrogen-bond acceptors (Lipinski definition) is 3. The highest BCUT2D eigenvalue weighted by Gasteiger charge is 2.43. The van der Waals surface area contributed by atoms with E-state index in [-0.39, 0.29) is 16.0 Å². The van der Waals surface area contributed by atoms with Crippen molar-refractivity contribution in [3.8, 4) is 21.6 Å². The van der Waals surface area contributed by atoms with Crippen molar-refractivity contribution >= 4 is 17.0 Å². The Balaban J connectivity index is 1.99. The molecule has 0 aliphatic heterocycles. The number of hydrogen-bond donors (Lipinski definition) is 0. The zero-order valence-corrected chi connectivity index (χ0v) is 17.4. The molecule has 1 atom stereocenters. The van der Waals surface area contributed by atoms with Crippen molar-refractivity contribution in [1.82, 2.24) is 0 Å². The summed E-state index contributed by atoms with van der Waals surface area (Å²) in [7, 11) is 0. The van der Waals surface area contributed by atoms with E-state index in [4.69, 9.17) is 0 Å². The summed E-state index contributed by atoms with van der Waals surface area (Å²) in [6.45, 7) is 6.70. The molecule has 2 aromatic carbocycles. The van der Waals surface area contributed by atoms with E-state index in [0.717, 1.165) is 30.4 Å². The molecule has 1 aromatic heterocycles. The van der Waals surface area contributed by atoms with Gasteiger partial charge in [-0.2, -0.15) is 0 Å². The number of fused-ring (bicyclic) bond motifs is 3. The molecule has 28 heavy (non-hydrogen) atoms. The van der Waals surface area contributed by atoms with Crippen molar-refractivity contribution in [1.29, 1.82) is 0 Å². The number of nitro benzene ring substituents is 1. The zero-order valence-electron chi connectivity index (χ0n) is 16.6. The third-order valence-corrected chi connectivity index (χ3v) is 6.71. The third kappa shape index (κ3) is 2.96. The maximum Gasteiger partial charge on any atom is 0.269 e. The van der Waals surface area contributed by atoms with Crippen molar-refractivity contribution in [2.24, 2.45) is 5.92 Å². The highest BCUT2D eigenvalue weighted by atomic mass is 32.1. The fourth-order valence-electron chi connectivity index (χ4n) is 4.91. The van der Waals surface area contributed by atoms with Gasteiger partial charge in [0.25, 0.3) is 5.69 Å². The molecule has 0 radical (unpaired) electrons. The van der Waals surface area contributed by atoms with Gasteiger partial charge in [0.2, 0.25) is 0 Å². The molecule has 0 amide bonds. The van der Waals surface area contributed by atoms with Crippen LogP contribution in [0, 0.1) is 16.0 Å². The Hall–Kier alpha value is -2.46. The minimum absolute atomic E-state index is 0.160. The molecule has 3 nitrogen and oxygen atoms in total. The van der Waals surface area contributed by atoms with Crippen LogP contribution in [0.5, 0.6) is 0 Å². The SMILES string of the molecule is CCCC1(CC(C)C)c2cc(-c3cccs3)ccc2-c2ccc([N+](=O)[O-])cc21. The second-order valence-corrected chi connectivity index (χ2v) is 9.10. The number of rotatable bonds is 6. The summed E-state index contributed by atoms with van der Waals surface area (Å²) in [5.74, 6) is 0.495. The second-order valence-electron chi connectivity index (χ2n) is 8.15. The fraction of sp³-hybridized carbons (Fsp3) is 0.333. The van der Waals surface area contributed by atoms with Crippen molar-refractivity contribution < 1.29 is 4.92 Å². The maximum atomic E-state index is 11.5. The lowest BCUT2D eigenvalue weighted by atomic mass is 9.69. The predicted octanol–water partition coefficient (Wildman–Crippen LogP) is 7.44.